The van der Waals surface area contributed by atoms with Crippen molar-refractivity contribution in [1.29, 1.82) is 0 Å². The smallest absolute Gasteiger partial charge is 0.304 e. The molecule has 0 aromatic heterocycles. The van der Waals surface area contributed by atoms with E-state index in [0.29, 0.717) is 0 Å². The molecule has 0 radical (unpaired) electrons. The van der Waals surface area contributed by atoms with E-state index in [0.717, 1.165) is 12.8 Å². The Morgan fingerprint density at radius 1 is 1.40 bits per heavy atom. The molecule has 1 aliphatic rings. The van der Waals surface area contributed by atoms with Gasteiger partial charge in [0.15, 0.2) is 0 Å². The van der Waals surface area contributed by atoms with Crippen molar-refractivity contribution in [3.8, 4) is 0 Å². The Morgan fingerprint density at radius 2 is 2.00 bits per heavy atom. The van der Waals surface area contributed by atoms with Crippen molar-refractivity contribution >= 4 is 17.7 Å². The molecule has 1 N–H and O–H groups in total. The first-order valence-electron chi connectivity index (χ1n) is 5.03. The van der Waals surface area contributed by atoms with Crippen molar-refractivity contribution in [2.75, 3.05) is 6.26 Å². The maximum absolute atomic E-state index is 10.7. The van der Waals surface area contributed by atoms with Gasteiger partial charge >= 0.3 is 5.97 Å². The normalized spacial score (nSPS) is 17.4. The van der Waals surface area contributed by atoms with Gasteiger partial charge in [-0.15, -0.1) is 11.8 Å². The lowest BCUT2D eigenvalue weighted by atomic mass is 9.93. The summed E-state index contributed by atoms with van der Waals surface area (Å²) in [4.78, 5) is 12.0. The Morgan fingerprint density at radius 3 is 2.40 bits per heavy atom. The molecule has 1 saturated carbocycles. The predicted octanol–water partition coefficient (Wildman–Crippen LogP) is 2.91. The monoisotopic (exact) mass is 222 g/mol. The molecule has 0 aliphatic heterocycles. The number of hydrogen-bond donors (Lipinski definition) is 1. The summed E-state index contributed by atoms with van der Waals surface area (Å²) in [5, 5.41) is 8.85. The van der Waals surface area contributed by atoms with E-state index in [1.54, 1.807) is 11.8 Å². The number of carbonyl (C=O) groups is 1. The van der Waals surface area contributed by atoms with E-state index in [4.69, 9.17) is 5.11 Å². The largest absolute Gasteiger partial charge is 0.481 e. The molecule has 2 rings (SSSR count). The van der Waals surface area contributed by atoms with Crippen LogP contribution < -0.4 is 0 Å². The molecule has 0 spiro atoms. The lowest BCUT2D eigenvalue weighted by Gasteiger charge is -2.13. The average Bonchev–Trinajstić information content (AvgIpc) is 2.98. The molecule has 1 aliphatic carbocycles. The highest BCUT2D eigenvalue weighted by Gasteiger charge is 2.45. The van der Waals surface area contributed by atoms with Gasteiger partial charge in [0.05, 0.1) is 6.42 Å². The number of carboxylic acid groups (broad SMARTS) is 1. The van der Waals surface area contributed by atoms with Crippen LogP contribution in [-0.4, -0.2) is 17.3 Å². The first kappa shape index (κ1) is 10.6. The summed E-state index contributed by atoms with van der Waals surface area (Å²) >= 11 is 1.71. The van der Waals surface area contributed by atoms with E-state index in [1.165, 1.54) is 10.5 Å². The zero-order valence-electron chi connectivity index (χ0n) is 8.69. The molecule has 0 atom stereocenters. The molecule has 0 saturated heterocycles. The Labute approximate surface area is 93.7 Å². The van der Waals surface area contributed by atoms with E-state index in [-0.39, 0.29) is 11.8 Å². The minimum absolute atomic E-state index is 0.0528. The molecule has 3 heteroatoms. The minimum Gasteiger partial charge on any atom is -0.481 e. The molecule has 80 valence electrons. The number of carboxylic acids is 1. The number of aliphatic carboxylic acids is 1. The molecule has 0 bridgehead atoms. The fraction of sp³-hybridized carbons (Fsp3) is 0.417. The van der Waals surface area contributed by atoms with Crippen LogP contribution in [0, 0.1) is 0 Å². The molecule has 2 nitrogen and oxygen atoms in total. The molecular formula is C12H14O2S. The van der Waals surface area contributed by atoms with Gasteiger partial charge in [0.2, 0.25) is 0 Å². The molecular weight excluding hydrogens is 208 g/mol. The number of benzene rings is 1. The van der Waals surface area contributed by atoms with Crippen LogP contribution in [0.2, 0.25) is 0 Å². The summed E-state index contributed by atoms with van der Waals surface area (Å²) in [6, 6.07) is 8.29. The van der Waals surface area contributed by atoms with Gasteiger partial charge in [-0.1, -0.05) is 12.1 Å². The highest BCUT2D eigenvalue weighted by atomic mass is 32.2. The van der Waals surface area contributed by atoms with Gasteiger partial charge in [0.1, 0.15) is 0 Å². The second-order valence-corrected chi connectivity index (χ2v) is 4.96. The van der Waals surface area contributed by atoms with Crippen molar-refractivity contribution in [3.63, 3.8) is 0 Å². The first-order valence-corrected chi connectivity index (χ1v) is 6.25. The fourth-order valence-corrected chi connectivity index (χ4v) is 2.36. The van der Waals surface area contributed by atoms with Gasteiger partial charge in [0.25, 0.3) is 0 Å². The van der Waals surface area contributed by atoms with Gasteiger partial charge in [-0.25, -0.2) is 0 Å². The minimum atomic E-state index is -0.693. The molecule has 1 aromatic rings. The molecule has 1 aromatic carbocycles. The van der Waals surface area contributed by atoms with Crippen molar-refractivity contribution in [2.45, 2.75) is 29.6 Å². The third-order valence-corrected chi connectivity index (χ3v) is 3.79. The van der Waals surface area contributed by atoms with Crippen molar-refractivity contribution in [3.05, 3.63) is 29.8 Å². The maximum Gasteiger partial charge on any atom is 0.304 e. The molecule has 0 unspecified atom stereocenters. The second kappa shape index (κ2) is 3.89. The van der Waals surface area contributed by atoms with E-state index in [2.05, 4.69) is 24.3 Å². The SMILES string of the molecule is CSc1ccc(C2(CC(=O)O)CC2)cc1. The lowest BCUT2D eigenvalue weighted by Crippen LogP contribution is -2.12. The standard InChI is InChI=1S/C12H14O2S/c1-15-10-4-2-9(3-5-10)12(6-7-12)8-11(13)14/h2-5H,6-8H2,1H3,(H,13,14). The van der Waals surface area contributed by atoms with Gasteiger partial charge in [-0.2, -0.15) is 0 Å². The topological polar surface area (TPSA) is 37.3 Å². The van der Waals surface area contributed by atoms with Gasteiger partial charge < -0.3 is 5.11 Å². The highest BCUT2D eigenvalue weighted by Crippen LogP contribution is 2.51. The van der Waals surface area contributed by atoms with Crippen molar-refractivity contribution < 1.29 is 9.90 Å². The van der Waals surface area contributed by atoms with Crippen molar-refractivity contribution in [1.82, 2.24) is 0 Å². The number of thioether (sulfide) groups is 1. The van der Waals surface area contributed by atoms with Gasteiger partial charge in [-0.05, 0) is 36.8 Å². The summed E-state index contributed by atoms with van der Waals surface area (Å²) in [7, 11) is 0. The van der Waals surface area contributed by atoms with Gasteiger partial charge in [0, 0.05) is 10.3 Å². The number of hydrogen-bond acceptors (Lipinski definition) is 2. The zero-order chi connectivity index (χ0) is 10.9. The van der Waals surface area contributed by atoms with Crippen LogP contribution in [0.3, 0.4) is 0 Å². The number of rotatable bonds is 4. The van der Waals surface area contributed by atoms with E-state index in [9.17, 15) is 4.79 Å². The molecule has 1 fully saturated rings. The van der Waals surface area contributed by atoms with Crippen LogP contribution >= 0.6 is 11.8 Å². The maximum atomic E-state index is 10.7. The highest BCUT2D eigenvalue weighted by molar-refractivity contribution is 7.98. The average molecular weight is 222 g/mol. The van der Waals surface area contributed by atoms with E-state index >= 15 is 0 Å². The van der Waals surface area contributed by atoms with Crippen LogP contribution in [-0.2, 0) is 10.2 Å². The zero-order valence-corrected chi connectivity index (χ0v) is 9.51. The Balaban J connectivity index is 2.18. The van der Waals surface area contributed by atoms with Crippen molar-refractivity contribution in [2.24, 2.45) is 0 Å². The molecule has 15 heavy (non-hydrogen) atoms. The summed E-state index contributed by atoms with van der Waals surface area (Å²) in [6.45, 7) is 0. The van der Waals surface area contributed by atoms with Crippen LogP contribution in [0.1, 0.15) is 24.8 Å². The Bertz CT molecular complexity index is 366. The van der Waals surface area contributed by atoms with Crippen LogP contribution in [0.4, 0.5) is 0 Å². The van der Waals surface area contributed by atoms with E-state index < -0.39 is 5.97 Å². The summed E-state index contributed by atoms with van der Waals surface area (Å²) in [5.41, 5.74) is 1.13. The predicted molar refractivity (Wildman–Crippen MR) is 61.4 cm³/mol. The summed E-state index contributed by atoms with van der Waals surface area (Å²) in [6.07, 6.45) is 4.33. The van der Waals surface area contributed by atoms with E-state index in [1.807, 2.05) is 6.26 Å². The summed E-state index contributed by atoms with van der Waals surface area (Å²) in [5.74, 6) is -0.693. The first-order chi connectivity index (χ1) is 7.16. The van der Waals surface area contributed by atoms with Crippen LogP contribution in [0.25, 0.3) is 0 Å². The Hall–Kier alpha value is -0.960. The second-order valence-electron chi connectivity index (χ2n) is 4.08. The van der Waals surface area contributed by atoms with Gasteiger partial charge in [-0.3, -0.25) is 4.79 Å². The third-order valence-electron chi connectivity index (χ3n) is 3.05. The quantitative estimate of drug-likeness (QED) is 0.796. The third kappa shape index (κ3) is 2.17. The van der Waals surface area contributed by atoms with Crippen LogP contribution in [0.5, 0.6) is 0 Å². The lowest BCUT2D eigenvalue weighted by molar-refractivity contribution is -0.137. The van der Waals surface area contributed by atoms with Crippen LogP contribution in [0.15, 0.2) is 29.2 Å². The molecule has 0 amide bonds. The summed E-state index contributed by atoms with van der Waals surface area (Å²) < 4.78 is 0. The molecule has 0 heterocycles. The fourth-order valence-electron chi connectivity index (χ4n) is 1.95. The Kier molecular flexibility index (Phi) is 2.74.